The first-order valence-corrected chi connectivity index (χ1v) is 12.0. The number of sulfonamides is 1. The third kappa shape index (κ3) is 4.25. The average Bonchev–Trinajstić information content (AvgIpc) is 3.16. The molecule has 10 heteroatoms. The Morgan fingerprint density at radius 1 is 1.23 bits per heavy atom. The average molecular weight is 415 g/mol. The lowest BCUT2D eigenvalue weighted by molar-refractivity contribution is 0.0915. The standard InChI is InChI=1S/C16H18N2O5S3/c1-16(7-9-25(20,21)11-16)17-15(19)12-4-2-5-13(10-12)18-26(22,23)14-6-3-8-24-14/h2-6,8,10,18H,7,9,11H2,1H3,(H,17,19). The molecule has 1 fully saturated rings. The molecule has 140 valence electrons. The summed E-state index contributed by atoms with van der Waals surface area (Å²) in [5, 5.41) is 4.41. The molecule has 0 saturated carbocycles. The molecule has 1 atom stereocenters. The van der Waals surface area contributed by atoms with Crippen molar-refractivity contribution < 1.29 is 21.6 Å². The lowest BCUT2D eigenvalue weighted by Gasteiger charge is -2.24. The van der Waals surface area contributed by atoms with E-state index >= 15 is 0 Å². The van der Waals surface area contributed by atoms with Gasteiger partial charge in [0.2, 0.25) is 0 Å². The summed E-state index contributed by atoms with van der Waals surface area (Å²) in [4.78, 5) is 12.5. The second-order valence-corrected chi connectivity index (χ2v) is 11.5. The molecule has 1 unspecified atom stereocenters. The van der Waals surface area contributed by atoms with Gasteiger partial charge in [0.05, 0.1) is 17.0 Å². The van der Waals surface area contributed by atoms with E-state index in [0.717, 1.165) is 11.3 Å². The zero-order chi connectivity index (χ0) is 19.0. The van der Waals surface area contributed by atoms with Crippen LogP contribution >= 0.6 is 11.3 Å². The molecule has 1 amide bonds. The second kappa shape index (κ2) is 6.67. The Kier molecular flexibility index (Phi) is 4.84. The van der Waals surface area contributed by atoms with Gasteiger partial charge in [-0.15, -0.1) is 11.3 Å². The third-order valence-corrected chi connectivity index (χ3v) is 8.74. The van der Waals surface area contributed by atoms with Gasteiger partial charge >= 0.3 is 0 Å². The number of nitrogens with one attached hydrogen (secondary N) is 2. The first-order valence-electron chi connectivity index (χ1n) is 7.78. The molecule has 0 radical (unpaired) electrons. The van der Waals surface area contributed by atoms with Crippen molar-refractivity contribution in [2.45, 2.75) is 23.1 Å². The Morgan fingerprint density at radius 3 is 2.62 bits per heavy atom. The Bertz CT molecular complexity index is 1030. The second-order valence-electron chi connectivity index (χ2n) is 6.48. The van der Waals surface area contributed by atoms with Crippen LogP contribution < -0.4 is 10.0 Å². The highest BCUT2D eigenvalue weighted by molar-refractivity contribution is 7.94. The number of hydrogen-bond donors (Lipinski definition) is 2. The third-order valence-electron chi connectivity index (χ3n) is 4.06. The minimum absolute atomic E-state index is 0.0461. The molecule has 0 spiro atoms. The SMILES string of the molecule is CC1(NC(=O)c2cccc(NS(=O)(=O)c3cccs3)c2)CCS(=O)(=O)C1. The lowest BCUT2D eigenvalue weighted by atomic mass is 10.0. The van der Waals surface area contributed by atoms with Crippen molar-refractivity contribution in [3.8, 4) is 0 Å². The molecular formula is C16H18N2O5S3. The zero-order valence-electron chi connectivity index (χ0n) is 13.9. The number of sulfone groups is 1. The van der Waals surface area contributed by atoms with Crippen LogP contribution in [0.1, 0.15) is 23.7 Å². The van der Waals surface area contributed by atoms with Gasteiger partial charge in [0.25, 0.3) is 15.9 Å². The molecular weight excluding hydrogens is 396 g/mol. The van der Waals surface area contributed by atoms with Crippen LogP contribution in [0.15, 0.2) is 46.0 Å². The first-order chi connectivity index (χ1) is 12.1. The Labute approximate surface area is 156 Å². The van der Waals surface area contributed by atoms with Crippen molar-refractivity contribution in [1.29, 1.82) is 0 Å². The van der Waals surface area contributed by atoms with E-state index < -0.39 is 31.3 Å². The largest absolute Gasteiger partial charge is 0.346 e. The van der Waals surface area contributed by atoms with Crippen LogP contribution in [-0.4, -0.2) is 39.8 Å². The molecule has 1 aliphatic heterocycles. The molecule has 2 N–H and O–H groups in total. The van der Waals surface area contributed by atoms with Crippen LogP contribution in [0.4, 0.5) is 5.69 Å². The molecule has 1 aromatic heterocycles. The number of amides is 1. The van der Waals surface area contributed by atoms with E-state index in [4.69, 9.17) is 0 Å². The van der Waals surface area contributed by atoms with Gasteiger partial charge in [-0.25, -0.2) is 16.8 Å². The molecule has 0 bridgehead atoms. The summed E-state index contributed by atoms with van der Waals surface area (Å²) in [7, 11) is -6.85. The van der Waals surface area contributed by atoms with Crippen LogP contribution in [0.5, 0.6) is 0 Å². The summed E-state index contributed by atoms with van der Waals surface area (Å²) in [5.74, 6) is -0.497. The number of rotatable bonds is 5. The topological polar surface area (TPSA) is 109 Å². The van der Waals surface area contributed by atoms with E-state index in [-0.39, 0.29) is 27.0 Å². The van der Waals surface area contributed by atoms with Gasteiger partial charge in [0.1, 0.15) is 4.21 Å². The van der Waals surface area contributed by atoms with Gasteiger partial charge in [-0.05, 0) is 43.0 Å². The van der Waals surface area contributed by atoms with Crippen molar-refractivity contribution >= 4 is 42.8 Å². The van der Waals surface area contributed by atoms with Gasteiger partial charge < -0.3 is 5.32 Å². The van der Waals surface area contributed by atoms with E-state index in [1.54, 1.807) is 36.6 Å². The summed E-state index contributed by atoms with van der Waals surface area (Å²) in [6, 6.07) is 9.21. The maximum absolute atomic E-state index is 12.5. The number of hydrogen-bond acceptors (Lipinski definition) is 6. The van der Waals surface area contributed by atoms with Crippen molar-refractivity contribution in [3.63, 3.8) is 0 Å². The maximum atomic E-state index is 12.5. The molecule has 1 aromatic carbocycles. The number of anilines is 1. The molecule has 2 heterocycles. The fraction of sp³-hybridized carbons (Fsp3) is 0.312. The number of carbonyl (C=O) groups excluding carboxylic acids is 1. The quantitative estimate of drug-likeness (QED) is 0.776. The fourth-order valence-corrected chi connectivity index (χ4v) is 6.94. The smallest absolute Gasteiger partial charge is 0.271 e. The fourth-order valence-electron chi connectivity index (χ4n) is 2.80. The Morgan fingerprint density at radius 2 is 2.00 bits per heavy atom. The molecule has 2 aromatic rings. The van der Waals surface area contributed by atoms with Crippen LogP contribution in [-0.2, 0) is 19.9 Å². The number of carbonyl (C=O) groups is 1. The zero-order valence-corrected chi connectivity index (χ0v) is 16.4. The maximum Gasteiger partial charge on any atom is 0.271 e. The van der Waals surface area contributed by atoms with Crippen LogP contribution in [0, 0.1) is 0 Å². The molecule has 26 heavy (non-hydrogen) atoms. The van der Waals surface area contributed by atoms with Crippen molar-refractivity contribution in [3.05, 3.63) is 47.3 Å². The van der Waals surface area contributed by atoms with Crippen molar-refractivity contribution in [2.24, 2.45) is 0 Å². The molecule has 1 saturated heterocycles. The van der Waals surface area contributed by atoms with E-state index in [0.29, 0.717) is 6.42 Å². The van der Waals surface area contributed by atoms with E-state index in [1.807, 2.05) is 0 Å². The van der Waals surface area contributed by atoms with Gasteiger partial charge in [-0.3, -0.25) is 9.52 Å². The summed E-state index contributed by atoms with van der Waals surface area (Å²) in [6.07, 6.45) is 0.353. The Balaban J connectivity index is 1.76. The normalized spacial score (nSPS) is 22.0. The lowest BCUT2D eigenvalue weighted by Crippen LogP contribution is -2.46. The van der Waals surface area contributed by atoms with E-state index in [9.17, 15) is 21.6 Å². The van der Waals surface area contributed by atoms with Crippen LogP contribution in [0.25, 0.3) is 0 Å². The van der Waals surface area contributed by atoms with Crippen molar-refractivity contribution in [2.75, 3.05) is 16.2 Å². The predicted molar refractivity (Wildman–Crippen MR) is 101 cm³/mol. The summed E-state index contributed by atoms with van der Waals surface area (Å²) >= 11 is 1.09. The van der Waals surface area contributed by atoms with Crippen LogP contribution in [0.2, 0.25) is 0 Å². The highest BCUT2D eigenvalue weighted by atomic mass is 32.2. The number of benzene rings is 1. The molecule has 1 aliphatic rings. The monoisotopic (exact) mass is 414 g/mol. The first kappa shape index (κ1) is 18.9. The van der Waals surface area contributed by atoms with E-state index in [1.165, 1.54) is 12.1 Å². The summed E-state index contributed by atoms with van der Waals surface area (Å²) < 4.78 is 50.5. The highest BCUT2D eigenvalue weighted by Gasteiger charge is 2.39. The summed E-state index contributed by atoms with van der Waals surface area (Å²) in [6.45, 7) is 1.69. The van der Waals surface area contributed by atoms with Gasteiger partial charge in [-0.1, -0.05) is 12.1 Å². The highest BCUT2D eigenvalue weighted by Crippen LogP contribution is 2.24. The number of thiophene rings is 1. The van der Waals surface area contributed by atoms with Gasteiger partial charge in [-0.2, -0.15) is 0 Å². The Hall–Kier alpha value is -1.91. The van der Waals surface area contributed by atoms with Crippen molar-refractivity contribution in [1.82, 2.24) is 5.32 Å². The van der Waals surface area contributed by atoms with Gasteiger partial charge in [0, 0.05) is 11.3 Å². The van der Waals surface area contributed by atoms with Gasteiger partial charge in [0.15, 0.2) is 9.84 Å². The summed E-state index contributed by atoms with van der Waals surface area (Å²) in [5.41, 5.74) is -0.306. The molecule has 0 aliphatic carbocycles. The van der Waals surface area contributed by atoms with Crippen LogP contribution in [0.3, 0.4) is 0 Å². The predicted octanol–water partition coefficient (Wildman–Crippen LogP) is 1.86. The van der Waals surface area contributed by atoms with E-state index in [2.05, 4.69) is 10.0 Å². The minimum atomic E-state index is -3.70. The molecule has 7 nitrogen and oxygen atoms in total. The minimum Gasteiger partial charge on any atom is -0.346 e. The molecule has 3 rings (SSSR count).